The van der Waals surface area contributed by atoms with Crippen LogP contribution in [0.4, 0.5) is 11.4 Å². The standard InChI is InChI=1S/C13H16ClN3O2/c1-11(14)10-15-6-8-16(9-7-15)12-2-4-13(5-3-12)17(18)19/h2-5H,1,6-10H2. The smallest absolute Gasteiger partial charge is 0.269 e. The van der Waals surface area contributed by atoms with Crippen LogP contribution in [0.1, 0.15) is 0 Å². The van der Waals surface area contributed by atoms with E-state index in [1.54, 1.807) is 24.3 Å². The third-order valence-electron chi connectivity index (χ3n) is 3.19. The Balaban J connectivity index is 1.94. The minimum Gasteiger partial charge on any atom is -0.369 e. The molecule has 0 spiro atoms. The fourth-order valence-corrected chi connectivity index (χ4v) is 2.36. The number of non-ortho nitro benzene ring substituents is 1. The maximum atomic E-state index is 10.6. The van der Waals surface area contributed by atoms with Gasteiger partial charge in [-0.05, 0) is 12.1 Å². The SMILES string of the molecule is C=C(Cl)CN1CCN(c2ccc([N+](=O)[O-])cc2)CC1. The second-order valence-corrected chi connectivity index (χ2v) is 5.09. The van der Waals surface area contributed by atoms with Gasteiger partial charge in [-0.3, -0.25) is 15.0 Å². The second kappa shape index (κ2) is 6.04. The first kappa shape index (κ1) is 13.8. The average molecular weight is 282 g/mol. The average Bonchev–Trinajstić information content (AvgIpc) is 2.39. The first-order valence-electron chi connectivity index (χ1n) is 6.11. The first-order chi connectivity index (χ1) is 9.06. The van der Waals surface area contributed by atoms with Crippen molar-refractivity contribution in [2.24, 2.45) is 0 Å². The largest absolute Gasteiger partial charge is 0.369 e. The zero-order valence-electron chi connectivity index (χ0n) is 10.6. The molecule has 1 aliphatic rings. The molecule has 6 heteroatoms. The number of benzene rings is 1. The van der Waals surface area contributed by atoms with Crippen LogP contribution in [-0.4, -0.2) is 42.5 Å². The summed E-state index contributed by atoms with van der Waals surface area (Å²) < 4.78 is 0. The van der Waals surface area contributed by atoms with Crippen LogP contribution in [0, 0.1) is 10.1 Å². The molecule has 0 amide bonds. The van der Waals surface area contributed by atoms with Crippen LogP contribution >= 0.6 is 11.6 Å². The van der Waals surface area contributed by atoms with E-state index in [1.165, 1.54) is 0 Å². The summed E-state index contributed by atoms with van der Waals surface area (Å²) in [5.41, 5.74) is 1.15. The first-order valence-corrected chi connectivity index (χ1v) is 6.49. The van der Waals surface area contributed by atoms with Gasteiger partial charge in [0.15, 0.2) is 0 Å². The Labute approximate surface area is 117 Å². The van der Waals surface area contributed by atoms with Gasteiger partial charge in [-0.1, -0.05) is 18.2 Å². The number of hydrogen-bond donors (Lipinski definition) is 0. The van der Waals surface area contributed by atoms with E-state index >= 15 is 0 Å². The van der Waals surface area contributed by atoms with Crippen LogP contribution < -0.4 is 4.90 Å². The summed E-state index contributed by atoms with van der Waals surface area (Å²) in [6.45, 7) is 8.04. The second-order valence-electron chi connectivity index (χ2n) is 4.55. The number of nitro benzene ring substituents is 1. The van der Waals surface area contributed by atoms with E-state index in [2.05, 4.69) is 16.4 Å². The normalized spacial score (nSPS) is 16.4. The predicted octanol–water partition coefficient (Wildman–Crippen LogP) is 2.47. The Morgan fingerprint density at radius 2 is 1.84 bits per heavy atom. The van der Waals surface area contributed by atoms with E-state index in [-0.39, 0.29) is 10.6 Å². The van der Waals surface area contributed by atoms with Crippen molar-refractivity contribution in [3.63, 3.8) is 0 Å². The Kier molecular flexibility index (Phi) is 4.39. The topological polar surface area (TPSA) is 49.6 Å². The molecule has 0 atom stereocenters. The highest BCUT2D eigenvalue weighted by Crippen LogP contribution is 2.20. The summed E-state index contributed by atoms with van der Waals surface area (Å²) in [6, 6.07) is 6.69. The Morgan fingerprint density at radius 1 is 1.26 bits per heavy atom. The lowest BCUT2D eigenvalue weighted by Gasteiger charge is -2.35. The summed E-state index contributed by atoms with van der Waals surface area (Å²) in [4.78, 5) is 14.7. The molecule has 1 aromatic carbocycles. The van der Waals surface area contributed by atoms with Crippen molar-refractivity contribution in [3.05, 3.63) is 46.0 Å². The van der Waals surface area contributed by atoms with Gasteiger partial charge in [-0.2, -0.15) is 0 Å². The molecule has 0 radical (unpaired) electrons. The summed E-state index contributed by atoms with van der Waals surface area (Å²) in [5, 5.41) is 11.3. The Bertz CT molecular complexity index is 467. The van der Waals surface area contributed by atoms with Gasteiger partial charge in [0.25, 0.3) is 5.69 Å². The number of hydrogen-bond acceptors (Lipinski definition) is 4. The molecule has 1 aliphatic heterocycles. The number of nitro groups is 1. The van der Waals surface area contributed by atoms with Crippen LogP contribution in [0.25, 0.3) is 0 Å². The summed E-state index contributed by atoms with van der Waals surface area (Å²) in [5.74, 6) is 0. The van der Waals surface area contributed by atoms with Crippen LogP contribution in [0.2, 0.25) is 0 Å². The van der Waals surface area contributed by atoms with Gasteiger partial charge in [0.1, 0.15) is 0 Å². The van der Waals surface area contributed by atoms with Crippen LogP contribution in [0.5, 0.6) is 0 Å². The van der Waals surface area contributed by atoms with Gasteiger partial charge < -0.3 is 4.90 Å². The zero-order chi connectivity index (χ0) is 13.8. The molecule has 0 bridgehead atoms. The van der Waals surface area contributed by atoms with Crippen molar-refractivity contribution in [2.45, 2.75) is 0 Å². The van der Waals surface area contributed by atoms with Crippen molar-refractivity contribution in [1.29, 1.82) is 0 Å². The lowest BCUT2D eigenvalue weighted by atomic mass is 10.2. The van der Waals surface area contributed by atoms with Crippen LogP contribution in [0.15, 0.2) is 35.9 Å². The minimum atomic E-state index is -0.381. The molecule has 1 heterocycles. The van der Waals surface area contributed by atoms with Gasteiger partial charge in [-0.15, -0.1) is 0 Å². The van der Waals surface area contributed by atoms with Crippen molar-refractivity contribution in [2.75, 3.05) is 37.6 Å². The molecule has 102 valence electrons. The molecular formula is C13H16ClN3O2. The molecule has 0 aliphatic carbocycles. The number of anilines is 1. The number of piperazine rings is 1. The highest BCUT2D eigenvalue weighted by molar-refractivity contribution is 6.29. The quantitative estimate of drug-likeness (QED) is 0.628. The Hall–Kier alpha value is -1.59. The lowest BCUT2D eigenvalue weighted by molar-refractivity contribution is -0.384. The van der Waals surface area contributed by atoms with E-state index in [1.807, 2.05) is 0 Å². The lowest BCUT2D eigenvalue weighted by Crippen LogP contribution is -2.46. The van der Waals surface area contributed by atoms with Crippen molar-refractivity contribution < 1.29 is 4.92 Å². The summed E-state index contributed by atoms with van der Waals surface area (Å²) in [6.07, 6.45) is 0. The summed E-state index contributed by atoms with van der Waals surface area (Å²) in [7, 11) is 0. The molecule has 0 aromatic heterocycles. The summed E-state index contributed by atoms with van der Waals surface area (Å²) >= 11 is 5.80. The molecule has 5 nitrogen and oxygen atoms in total. The molecule has 2 rings (SSSR count). The van der Waals surface area contributed by atoms with Crippen LogP contribution in [-0.2, 0) is 0 Å². The maximum absolute atomic E-state index is 10.6. The number of halogens is 1. The third kappa shape index (κ3) is 3.68. The van der Waals surface area contributed by atoms with E-state index in [0.717, 1.165) is 38.4 Å². The zero-order valence-corrected chi connectivity index (χ0v) is 11.3. The maximum Gasteiger partial charge on any atom is 0.269 e. The molecule has 1 fully saturated rings. The van der Waals surface area contributed by atoms with Gasteiger partial charge in [-0.25, -0.2) is 0 Å². The van der Waals surface area contributed by atoms with Gasteiger partial charge in [0.05, 0.1) is 4.92 Å². The molecule has 1 aromatic rings. The van der Waals surface area contributed by atoms with Crippen molar-refractivity contribution in [3.8, 4) is 0 Å². The van der Waals surface area contributed by atoms with E-state index in [4.69, 9.17) is 11.6 Å². The molecule has 19 heavy (non-hydrogen) atoms. The number of rotatable bonds is 4. The molecule has 1 saturated heterocycles. The van der Waals surface area contributed by atoms with E-state index in [9.17, 15) is 10.1 Å². The van der Waals surface area contributed by atoms with E-state index < -0.39 is 0 Å². The molecule has 0 N–H and O–H groups in total. The molecule has 0 unspecified atom stereocenters. The van der Waals surface area contributed by atoms with Crippen LogP contribution in [0.3, 0.4) is 0 Å². The number of nitrogens with zero attached hydrogens (tertiary/aromatic N) is 3. The fraction of sp³-hybridized carbons (Fsp3) is 0.385. The van der Waals surface area contributed by atoms with E-state index in [0.29, 0.717) is 5.03 Å². The minimum absolute atomic E-state index is 0.126. The van der Waals surface area contributed by atoms with Crippen molar-refractivity contribution in [1.82, 2.24) is 4.90 Å². The fourth-order valence-electron chi connectivity index (χ4n) is 2.19. The predicted molar refractivity (Wildman–Crippen MR) is 76.7 cm³/mol. The molecular weight excluding hydrogens is 266 g/mol. The molecule has 0 saturated carbocycles. The monoisotopic (exact) mass is 281 g/mol. The third-order valence-corrected chi connectivity index (χ3v) is 3.31. The van der Waals surface area contributed by atoms with Gasteiger partial charge in [0.2, 0.25) is 0 Å². The Morgan fingerprint density at radius 3 is 2.32 bits per heavy atom. The van der Waals surface area contributed by atoms with Gasteiger partial charge >= 0.3 is 0 Å². The highest BCUT2D eigenvalue weighted by atomic mass is 35.5. The van der Waals surface area contributed by atoms with Gasteiger partial charge in [0, 0.05) is 55.6 Å². The van der Waals surface area contributed by atoms with Crippen molar-refractivity contribution >= 4 is 23.0 Å². The highest BCUT2D eigenvalue weighted by Gasteiger charge is 2.17.